The molecule has 0 saturated carbocycles. The highest BCUT2D eigenvalue weighted by Gasteiger charge is 2.17. The third-order valence-electron chi connectivity index (χ3n) is 6.02. The van der Waals surface area contributed by atoms with E-state index < -0.39 is 0 Å². The minimum absolute atomic E-state index is 0.0202. The molecule has 1 heterocycles. The first kappa shape index (κ1) is 30.0. The number of nitrogens with zero attached hydrogens (tertiary/aromatic N) is 3. The van der Waals surface area contributed by atoms with Gasteiger partial charge in [-0.3, -0.25) is 9.59 Å². The number of rotatable bonds is 10. The minimum atomic E-state index is -0.321. The molecule has 208 valence electrons. The highest BCUT2D eigenvalue weighted by atomic mass is 127. The summed E-state index contributed by atoms with van der Waals surface area (Å²) in [6, 6.07) is 15.9. The van der Waals surface area contributed by atoms with Crippen LogP contribution in [0.3, 0.4) is 0 Å². The van der Waals surface area contributed by atoms with Crippen LogP contribution in [0.4, 0.5) is 5.69 Å². The maximum absolute atomic E-state index is 13.4. The first-order valence-electron chi connectivity index (χ1n) is 12.6. The van der Waals surface area contributed by atoms with Gasteiger partial charge in [0.1, 0.15) is 5.82 Å². The summed E-state index contributed by atoms with van der Waals surface area (Å²) in [7, 11) is 0. The second kappa shape index (κ2) is 13.6. The normalized spacial score (nSPS) is 12.1. The van der Waals surface area contributed by atoms with E-state index in [0.29, 0.717) is 51.1 Å². The molecule has 4 aromatic rings. The van der Waals surface area contributed by atoms with Crippen LogP contribution >= 0.6 is 50.1 Å². The number of ether oxygens (including phenoxy) is 2. The van der Waals surface area contributed by atoms with E-state index in [0.717, 1.165) is 14.5 Å². The average molecular weight is 738 g/mol. The van der Waals surface area contributed by atoms with Crippen molar-refractivity contribution in [3.8, 4) is 11.5 Å². The van der Waals surface area contributed by atoms with Gasteiger partial charge in [-0.05, 0) is 96.1 Å². The molecule has 0 unspecified atom stereocenters. The Balaban J connectivity index is 1.62. The van der Waals surface area contributed by atoms with Crippen molar-refractivity contribution in [3.63, 3.8) is 0 Å². The third kappa shape index (κ3) is 7.21. The SMILES string of the molecule is CCOc1cc(C=Nn2c([C@@H](C)CC)nc3ccc(Br)cc3c2=O)cc(I)c1OCC(=O)Nc1ccc(Cl)cc1. The molecule has 0 fully saturated rings. The fourth-order valence-corrected chi connectivity index (χ4v) is 5.11. The molecule has 4 rings (SSSR count). The van der Waals surface area contributed by atoms with Crippen LogP contribution in [0, 0.1) is 3.57 Å². The standard InChI is InChI=1S/C29H27BrClIN4O4/c1-4-17(3)28-35-24-11-6-19(30)14-22(24)29(38)36(28)33-15-18-12-23(32)27(25(13-18)39-5-2)40-16-26(37)34-21-9-7-20(31)8-10-21/h6-15,17H,4-5,16H2,1-3H3,(H,34,37)/t17-/m0/s1. The predicted molar refractivity (Wildman–Crippen MR) is 171 cm³/mol. The first-order valence-corrected chi connectivity index (χ1v) is 14.9. The number of benzene rings is 3. The second-order valence-electron chi connectivity index (χ2n) is 8.91. The van der Waals surface area contributed by atoms with Crippen LogP contribution in [0.15, 0.2) is 69.0 Å². The largest absolute Gasteiger partial charge is 0.490 e. The highest BCUT2D eigenvalue weighted by Crippen LogP contribution is 2.34. The van der Waals surface area contributed by atoms with Crippen molar-refractivity contribution in [1.82, 2.24) is 9.66 Å². The maximum atomic E-state index is 13.4. The molecule has 0 aliphatic rings. The van der Waals surface area contributed by atoms with Crippen LogP contribution in [0.1, 0.15) is 44.5 Å². The summed E-state index contributed by atoms with van der Waals surface area (Å²) in [5.41, 5.74) is 1.70. The number of carbonyl (C=O) groups is 1. The van der Waals surface area contributed by atoms with Crippen LogP contribution in [-0.2, 0) is 4.79 Å². The average Bonchev–Trinajstić information content (AvgIpc) is 2.93. The molecule has 3 aromatic carbocycles. The number of hydrogen-bond acceptors (Lipinski definition) is 6. The van der Waals surface area contributed by atoms with E-state index in [1.807, 2.05) is 39.0 Å². The Labute approximate surface area is 259 Å². The molecule has 1 aromatic heterocycles. The van der Waals surface area contributed by atoms with Gasteiger partial charge in [-0.1, -0.05) is 41.4 Å². The summed E-state index contributed by atoms with van der Waals surface area (Å²) < 4.78 is 14.6. The maximum Gasteiger partial charge on any atom is 0.282 e. The van der Waals surface area contributed by atoms with E-state index in [4.69, 9.17) is 26.1 Å². The Morgan fingerprint density at radius 3 is 2.62 bits per heavy atom. The molecule has 0 saturated heterocycles. The zero-order valence-corrected chi connectivity index (χ0v) is 26.6. The molecule has 40 heavy (non-hydrogen) atoms. The zero-order valence-electron chi connectivity index (χ0n) is 22.1. The molecule has 0 aliphatic heterocycles. The topological polar surface area (TPSA) is 94.8 Å². The van der Waals surface area contributed by atoms with Gasteiger partial charge in [0.15, 0.2) is 18.1 Å². The Bertz CT molecular complexity index is 1630. The van der Waals surface area contributed by atoms with Crippen molar-refractivity contribution >= 4 is 78.8 Å². The number of halogens is 3. The molecule has 0 spiro atoms. The lowest BCUT2D eigenvalue weighted by Crippen LogP contribution is -2.23. The van der Waals surface area contributed by atoms with Gasteiger partial charge in [-0.25, -0.2) is 4.98 Å². The Kier molecular flexibility index (Phi) is 10.2. The molecule has 0 aliphatic carbocycles. The zero-order chi connectivity index (χ0) is 28.8. The van der Waals surface area contributed by atoms with E-state index in [-0.39, 0.29) is 24.0 Å². The predicted octanol–water partition coefficient (Wildman–Crippen LogP) is 7.23. The molecular weight excluding hydrogens is 711 g/mol. The van der Waals surface area contributed by atoms with Gasteiger partial charge in [0, 0.05) is 21.1 Å². The minimum Gasteiger partial charge on any atom is -0.490 e. The van der Waals surface area contributed by atoms with E-state index in [1.54, 1.807) is 42.6 Å². The lowest BCUT2D eigenvalue weighted by Gasteiger charge is -2.15. The number of aromatic nitrogens is 2. The number of anilines is 1. The number of amides is 1. The second-order valence-corrected chi connectivity index (χ2v) is 11.4. The van der Waals surface area contributed by atoms with Gasteiger partial charge >= 0.3 is 0 Å². The molecule has 0 bridgehead atoms. The van der Waals surface area contributed by atoms with Crippen LogP contribution in [0.5, 0.6) is 11.5 Å². The van der Waals surface area contributed by atoms with Crippen LogP contribution in [0.25, 0.3) is 10.9 Å². The quantitative estimate of drug-likeness (QED) is 0.137. The number of hydrogen-bond donors (Lipinski definition) is 1. The molecule has 1 amide bonds. The van der Waals surface area contributed by atoms with E-state index in [2.05, 4.69) is 48.9 Å². The monoisotopic (exact) mass is 736 g/mol. The molecule has 1 N–H and O–H groups in total. The summed E-state index contributed by atoms with van der Waals surface area (Å²) >= 11 is 11.5. The van der Waals surface area contributed by atoms with Crippen molar-refractivity contribution in [2.24, 2.45) is 5.10 Å². The Morgan fingerprint density at radius 2 is 1.93 bits per heavy atom. The van der Waals surface area contributed by atoms with Gasteiger partial charge in [-0.2, -0.15) is 9.78 Å². The molecule has 11 heteroatoms. The lowest BCUT2D eigenvalue weighted by atomic mass is 10.1. The third-order valence-corrected chi connectivity index (χ3v) is 7.56. The van der Waals surface area contributed by atoms with Crippen molar-refractivity contribution in [3.05, 3.63) is 89.4 Å². The fourth-order valence-electron chi connectivity index (χ4n) is 3.84. The van der Waals surface area contributed by atoms with Crippen molar-refractivity contribution < 1.29 is 14.3 Å². The summed E-state index contributed by atoms with van der Waals surface area (Å²) in [5.74, 6) is 1.20. The van der Waals surface area contributed by atoms with Crippen molar-refractivity contribution in [2.75, 3.05) is 18.5 Å². The molecule has 1 atom stereocenters. The summed E-state index contributed by atoms with van der Waals surface area (Å²) in [6.07, 6.45) is 2.40. The van der Waals surface area contributed by atoms with Crippen LogP contribution in [-0.4, -0.2) is 35.0 Å². The smallest absolute Gasteiger partial charge is 0.282 e. The Morgan fingerprint density at radius 1 is 1.18 bits per heavy atom. The summed E-state index contributed by atoms with van der Waals surface area (Å²) in [4.78, 5) is 30.6. The first-order chi connectivity index (χ1) is 19.2. The lowest BCUT2D eigenvalue weighted by molar-refractivity contribution is -0.118. The number of carbonyl (C=O) groups excluding carboxylic acids is 1. The van der Waals surface area contributed by atoms with E-state index in [9.17, 15) is 9.59 Å². The molecule has 0 radical (unpaired) electrons. The van der Waals surface area contributed by atoms with Gasteiger partial charge in [0.05, 0.1) is 27.3 Å². The fraction of sp³-hybridized carbons (Fsp3) is 0.241. The number of nitrogens with one attached hydrogen (secondary N) is 1. The van der Waals surface area contributed by atoms with Gasteiger partial charge in [0.25, 0.3) is 11.5 Å². The summed E-state index contributed by atoms with van der Waals surface area (Å²) in [5, 5.41) is 8.38. The number of fused-ring (bicyclic) bond motifs is 1. The van der Waals surface area contributed by atoms with Gasteiger partial charge in [0.2, 0.25) is 0 Å². The molecule has 8 nitrogen and oxygen atoms in total. The van der Waals surface area contributed by atoms with Crippen LogP contribution in [0.2, 0.25) is 5.02 Å². The van der Waals surface area contributed by atoms with Crippen molar-refractivity contribution in [2.45, 2.75) is 33.1 Å². The van der Waals surface area contributed by atoms with Gasteiger partial charge in [-0.15, -0.1) is 0 Å². The highest BCUT2D eigenvalue weighted by molar-refractivity contribution is 14.1. The van der Waals surface area contributed by atoms with E-state index in [1.165, 1.54) is 4.68 Å². The summed E-state index contributed by atoms with van der Waals surface area (Å²) in [6.45, 7) is 6.11. The van der Waals surface area contributed by atoms with Crippen LogP contribution < -0.4 is 20.3 Å². The van der Waals surface area contributed by atoms with Gasteiger partial charge < -0.3 is 14.8 Å². The van der Waals surface area contributed by atoms with E-state index >= 15 is 0 Å². The Hall–Kier alpha value is -2.96. The van der Waals surface area contributed by atoms with Crippen molar-refractivity contribution in [1.29, 1.82) is 0 Å². The molecular formula is C29H27BrClIN4O4.